The Bertz CT molecular complexity index is 437. The number of nitrogens with one attached hydrogen (secondary N) is 1. The van der Waals surface area contributed by atoms with Crippen LogP contribution in [0.25, 0.3) is 0 Å². The van der Waals surface area contributed by atoms with E-state index < -0.39 is 5.60 Å². The van der Waals surface area contributed by atoms with Crippen molar-refractivity contribution in [2.45, 2.75) is 31.3 Å². The maximum Gasteiger partial charge on any atom is 0.240 e. The molecule has 0 atom stereocenters. The highest BCUT2D eigenvalue weighted by Gasteiger charge is 2.40. The molecule has 1 saturated heterocycles. The van der Waals surface area contributed by atoms with Gasteiger partial charge in [0.25, 0.3) is 0 Å². The minimum atomic E-state index is -0.441. The first-order valence-electron chi connectivity index (χ1n) is 6.03. The van der Waals surface area contributed by atoms with E-state index >= 15 is 0 Å². The SMILES string of the molecule is O=C1CCN(c2ccc(CC3(O)CC3)cc2)N1. The number of aliphatic hydroxyl groups is 1. The fourth-order valence-corrected chi connectivity index (χ4v) is 2.16. The van der Waals surface area contributed by atoms with Crippen LogP contribution in [0.2, 0.25) is 0 Å². The van der Waals surface area contributed by atoms with Gasteiger partial charge >= 0.3 is 0 Å². The predicted octanol–water partition coefficient (Wildman–Crippen LogP) is 0.995. The van der Waals surface area contributed by atoms with Crippen LogP contribution in [0.15, 0.2) is 24.3 Å². The highest BCUT2D eigenvalue weighted by Crippen LogP contribution is 2.38. The van der Waals surface area contributed by atoms with Crippen LogP contribution in [0.5, 0.6) is 0 Å². The molecule has 1 aromatic carbocycles. The van der Waals surface area contributed by atoms with E-state index in [0.717, 1.165) is 37.1 Å². The Balaban J connectivity index is 1.69. The Hall–Kier alpha value is -1.55. The van der Waals surface area contributed by atoms with Crippen molar-refractivity contribution in [3.63, 3.8) is 0 Å². The minimum absolute atomic E-state index is 0.0707. The van der Waals surface area contributed by atoms with Crippen LogP contribution >= 0.6 is 0 Å². The number of anilines is 1. The molecule has 2 N–H and O–H groups in total. The smallest absolute Gasteiger partial charge is 0.240 e. The molecule has 90 valence electrons. The Morgan fingerprint density at radius 2 is 2.00 bits per heavy atom. The normalized spacial score (nSPS) is 21.5. The van der Waals surface area contributed by atoms with Gasteiger partial charge in [-0.1, -0.05) is 12.1 Å². The third-order valence-electron chi connectivity index (χ3n) is 3.43. The molecule has 2 fully saturated rings. The average molecular weight is 232 g/mol. The Labute approximate surface area is 100 Å². The molecule has 1 heterocycles. The van der Waals surface area contributed by atoms with Crippen molar-refractivity contribution in [1.82, 2.24) is 5.43 Å². The Kier molecular flexibility index (Phi) is 2.33. The highest BCUT2D eigenvalue weighted by molar-refractivity contribution is 5.81. The van der Waals surface area contributed by atoms with Gasteiger partial charge < -0.3 is 5.11 Å². The van der Waals surface area contributed by atoms with Crippen LogP contribution in [0.3, 0.4) is 0 Å². The Morgan fingerprint density at radius 3 is 2.53 bits per heavy atom. The molecule has 0 unspecified atom stereocenters. The highest BCUT2D eigenvalue weighted by atomic mass is 16.3. The number of hydrogen-bond donors (Lipinski definition) is 2. The lowest BCUT2D eigenvalue weighted by Gasteiger charge is -2.17. The predicted molar refractivity (Wildman–Crippen MR) is 64.4 cm³/mol. The molecule has 0 aromatic heterocycles. The van der Waals surface area contributed by atoms with Gasteiger partial charge in [-0.25, -0.2) is 0 Å². The molecule has 4 nitrogen and oxygen atoms in total. The maximum absolute atomic E-state index is 11.1. The summed E-state index contributed by atoms with van der Waals surface area (Å²) in [7, 11) is 0. The summed E-state index contributed by atoms with van der Waals surface area (Å²) >= 11 is 0. The van der Waals surface area contributed by atoms with E-state index in [9.17, 15) is 9.90 Å². The number of nitrogens with zero attached hydrogens (tertiary/aromatic N) is 1. The molecule has 1 aromatic rings. The van der Waals surface area contributed by atoms with E-state index in [0.29, 0.717) is 6.42 Å². The van der Waals surface area contributed by atoms with Crippen molar-refractivity contribution in [2.75, 3.05) is 11.6 Å². The molecule has 3 rings (SSSR count). The molecular formula is C13H16N2O2. The van der Waals surface area contributed by atoms with Gasteiger partial charge in [-0.05, 0) is 30.5 Å². The zero-order valence-corrected chi connectivity index (χ0v) is 9.65. The molecule has 0 radical (unpaired) electrons. The van der Waals surface area contributed by atoms with Crippen molar-refractivity contribution in [3.05, 3.63) is 29.8 Å². The molecule has 4 heteroatoms. The summed E-state index contributed by atoms with van der Waals surface area (Å²) in [4.78, 5) is 11.1. The second kappa shape index (κ2) is 3.74. The molecule has 1 aliphatic carbocycles. The van der Waals surface area contributed by atoms with Crippen LogP contribution in [0.4, 0.5) is 5.69 Å². The third kappa shape index (κ3) is 2.26. The minimum Gasteiger partial charge on any atom is -0.390 e. The lowest BCUT2D eigenvalue weighted by molar-refractivity contribution is -0.119. The molecule has 0 bridgehead atoms. The number of carbonyl (C=O) groups excluding carboxylic acids is 1. The van der Waals surface area contributed by atoms with Crippen molar-refractivity contribution in [1.29, 1.82) is 0 Å². The third-order valence-corrected chi connectivity index (χ3v) is 3.43. The van der Waals surface area contributed by atoms with Crippen molar-refractivity contribution >= 4 is 11.6 Å². The number of amides is 1. The van der Waals surface area contributed by atoms with Gasteiger partial charge in [-0.3, -0.25) is 15.2 Å². The lowest BCUT2D eigenvalue weighted by atomic mass is 10.1. The van der Waals surface area contributed by atoms with Gasteiger partial charge in [0.15, 0.2) is 0 Å². The van der Waals surface area contributed by atoms with Gasteiger partial charge in [0, 0.05) is 19.4 Å². The fourth-order valence-electron chi connectivity index (χ4n) is 2.16. The average Bonchev–Trinajstić information content (AvgIpc) is 2.87. The van der Waals surface area contributed by atoms with E-state index in [4.69, 9.17) is 0 Å². The van der Waals surface area contributed by atoms with Crippen LogP contribution in [-0.2, 0) is 11.2 Å². The molecule has 17 heavy (non-hydrogen) atoms. The largest absolute Gasteiger partial charge is 0.390 e. The van der Waals surface area contributed by atoms with Crippen LogP contribution < -0.4 is 10.4 Å². The standard InChI is InChI=1S/C13H16N2O2/c16-12-5-8-15(14-12)11-3-1-10(2-4-11)9-13(17)6-7-13/h1-4,17H,5-9H2,(H,14,16). The van der Waals surface area contributed by atoms with Crippen molar-refractivity contribution < 1.29 is 9.90 Å². The molecule has 1 amide bonds. The van der Waals surface area contributed by atoms with E-state index in [1.165, 1.54) is 0 Å². The quantitative estimate of drug-likeness (QED) is 0.817. The van der Waals surface area contributed by atoms with Crippen LogP contribution in [0, 0.1) is 0 Å². The van der Waals surface area contributed by atoms with E-state index in [2.05, 4.69) is 5.43 Å². The second-order valence-electron chi connectivity index (χ2n) is 5.00. The summed E-state index contributed by atoms with van der Waals surface area (Å²) in [6.45, 7) is 0.724. The molecule has 1 aliphatic heterocycles. The van der Waals surface area contributed by atoms with Crippen LogP contribution in [0.1, 0.15) is 24.8 Å². The molecule has 2 aliphatic rings. The molecular weight excluding hydrogens is 216 g/mol. The topological polar surface area (TPSA) is 52.6 Å². The Morgan fingerprint density at radius 1 is 1.29 bits per heavy atom. The van der Waals surface area contributed by atoms with E-state index in [-0.39, 0.29) is 5.91 Å². The van der Waals surface area contributed by atoms with Crippen molar-refractivity contribution in [2.24, 2.45) is 0 Å². The number of hydrogen-bond acceptors (Lipinski definition) is 3. The first kappa shape index (κ1) is 10.6. The van der Waals surface area contributed by atoms with Gasteiger partial charge in [-0.15, -0.1) is 0 Å². The van der Waals surface area contributed by atoms with E-state index in [1.807, 2.05) is 29.3 Å². The van der Waals surface area contributed by atoms with Gasteiger partial charge in [-0.2, -0.15) is 0 Å². The summed E-state index contributed by atoms with van der Waals surface area (Å²) in [5, 5.41) is 11.7. The zero-order chi connectivity index (χ0) is 11.9. The first-order chi connectivity index (χ1) is 8.15. The molecule has 1 saturated carbocycles. The summed E-state index contributed by atoms with van der Waals surface area (Å²) in [6.07, 6.45) is 3.12. The second-order valence-corrected chi connectivity index (χ2v) is 5.00. The maximum atomic E-state index is 11.1. The van der Waals surface area contributed by atoms with Gasteiger partial charge in [0.2, 0.25) is 5.91 Å². The lowest BCUT2D eigenvalue weighted by Crippen LogP contribution is -2.32. The van der Waals surface area contributed by atoms with Crippen molar-refractivity contribution in [3.8, 4) is 0 Å². The zero-order valence-electron chi connectivity index (χ0n) is 9.65. The van der Waals surface area contributed by atoms with Gasteiger partial charge in [0.05, 0.1) is 11.3 Å². The number of hydrazine groups is 1. The summed E-state index contributed by atoms with van der Waals surface area (Å²) in [5.74, 6) is 0.0707. The number of benzene rings is 1. The summed E-state index contributed by atoms with van der Waals surface area (Å²) in [6, 6.07) is 8.03. The monoisotopic (exact) mass is 232 g/mol. The van der Waals surface area contributed by atoms with Crippen LogP contribution in [-0.4, -0.2) is 23.2 Å². The summed E-state index contributed by atoms with van der Waals surface area (Å²) in [5.41, 5.74) is 4.51. The van der Waals surface area contributed by atoms with E-state index in [1.54, 1.807) is 0 Å². The number of carbonyl (C=O) groups is 1. The van der Waals surface area contributed by atoms with Gasteiger partial charge in [0.1, 0.15) is 0 Å². The fraction of sp³-hybridized carbons (Fsp3) is 0.462. The first-order valence-corrected chi connectivity index (χ1v) is 6.03. The number of rotatable bonds is 3. The summed E-state index contributed by atoms with van der Waals surface area (Å²) < 4.78 is 0. The molecule has 0 spiro atoms.